The standard InChI is InChI=1S/C23H28N4O2/c1-23(2,3)20-15-21-24-12-11-18(27(21)25-20)17-9-7-13-26(17)22(28)14-16-8-5-6-10-19(16)29-4/h5-6,8,10-12,15,17H,7,9,13-14H2,1-4H3/t17-/m0/s1. The minimum absolute atomic E-state index is 0.00965. The van der Waals surface area contributed by atoms with Crippen LogP contribution in [0, 0.1) is 0 Å². The number of amides is 1. The minimum atomic E-state index is -0.0555. The third kappa shape index (κ3) is 3.71. The van der Waals surface area contributed by atoms with Crippen LogP contribution in [-0.2, 0) is 16.6 Å². The van der Waals surface area contributed by atoms with Crippen molar-refractivity contribution in [1.29, 1.82) is 0 Å². The van der Waals surface area contributed by atoms with E-state index < -0.39 is 0 Å². The highest BCUT2D eigenvalue weighted by Gasteiger charge is 2.32. The number of ether oxygens (including phenoxy) is 1. The van der Waals surface area contributed by atoms with E-state index in [2.05, 4.69) is 25.8 Å². The molecule has 0 unspecified atom stereocenters. The molecule has 0 saturated carbocycles. The summed E-state index contributed by atoms with van der Waals surface area (Å²) in [5.41, 5.74) is 3.72. The normalized spacial score (nSPS) is 17.1. The Morgan fingerprint density at radius 2 is 2.03 bits per heavy atom. The van der Waals surface area contributed by atoms with Crippen LogP contribution in [0.5, 0.6) is 5.75 Å². The molecular weight excluding hydrogens is 364 g/mol. The highest BCUT2D eigenvalue weighted by molar-refractivity contribution is 5.80. The summed E-state index contributed by atoms with van der Waals surface area (Å²) in [6, 6.07) is 11.8. The van der Waals surface area contributed by atoms with Crippen molar-refractivity contribution < 1.29 is 9.53 Å². The number of rotatable bonds is 4. The first kappa shape index (κ1) is 19.4. The minimum Gasteiger partial charge on any atom is -0.496 e. The summed E-state index contributed by atoms with van der Waals surface area (Å²) >= 11 is 0. The third-order valence-electron chi connectivity index (χ3n) is 5.60. The maximum Gasteiger partial charge on any atom is 0.227 e. The molecule has 1 aromatic carbocycles. The predicted molar refractivity (Wildman–Crippen MR) is 112 cm³/mol. The van der Waals surface area contributed by atoms with Gasteiger partial charge in [-0.25, -0.2) is 9.50 Å². The number of nitrogens with zero attached hydrogens (tertiary/aromatic N) is 4. The Labute approximate surface area is 171 Å². The van der Waals surface area contributed by atoms with E-state index >= 15 is 0 Å². The first-order chi connectivity index (χ1) is 13.9. The van der Waals surface area contributed by atoms with E-state index in [4.69, 9.17) is 9.84 Å². The molecule has 3 heterocycles. The van der Waals surface area contributed by atoms with Gasteiger partial charge in [-0.15, -0.1) is 0 Å². The molecule has 29 heavy (non-hydrogen) atoms. The average molecular weight is 393 g/mol. The molecule has 1 atom stereocenters. The van der Waals surface area contributed by atoms with Crippen molar-refractivity contribution in [2.45, 2.75) is 51.5 Å². The number of para-hydroxylation sites is 1. The van der Waals surface area contributed by atoms with Gasteiger partial charge in [0.25, 0.3) is 0 Å². The summed E-state index contributed by atoms with van der Waals surface area (Å²) in [4.78, 5) is 19.7. The lowest BCUT2D eigenvalue weighted by Gasteiger charge is -2.25. The molecule has 6 heteroatoms. The number of benzene rings is 1. The smallest absolute Gasteiger partial charge is 0.227 e. The Balaban J connectivity index is 1.65. The Kier molecular flexibility index (Phi) is 5.03. The van der Waals surface area contributed by atoms with Gasteiger partial charge in [0.15, 0.2) is 5.65 Å². The van der Waals surface area contributed by atoms with Crippen LogP contribution in [0.1, 0.15) is 56.6 Å². The third-order valence-corrected chi connectivity index (χ3v) is 5.60. The van der Waals surface area contributed by atoms with Crippen molar-refractivity contribution in [3.05, 3.63) is 59.5 Å². The monoisotopic (exact) mass is 392 g/mol. The van der Waals surface area contributed by atoms with Crippen molar-refractivity contribution in [3.8, 4) is 5.75 Å². The number of fused-ring (bicyclic) bond motifs is 1. The Bertz CT molecular complexity index is 1030. The van der Waals surface area contributed by atoms with Crippen molar-refractivity contribution in [2.75, 3.05) is 13.7 Å². The lowest BCUT2D eigenvalue weighted by atomic mass is 9.93. The Morgan fingerprint density at radius 1 is 1.24 bits per heavy atom. The van der Waals surface area contributed by atoms with E-state index in [0.29, 0.717) is 6.42 Å². The molecule has 2 aromatic heterocycles. The second-order valence-electron chi connectivity index (χ2n) is 8.65. The molecule has 4 rings (SSSR count). The number of aromatic nitrogens is 3. The zero-order valence-electron chi connectivity index (χ0n) is 17.6. The lowest BCUT2D eigenvalue weighted by Crippen LogP contribution is -2.33. The highest BCUT2D eigenvalue weighted by Crippen LogP contribution is 2.33. The summed E-state index contributed by atoms with van der Waals surface area (Å²) in [6.45, 7) is 7.20. The quantitative estimate of drug-likeness (QED) is 0.675. The van der Waals surface area contributed by atoms with Crippen LogP contribution < -0.4 is 4.74 Å². The van der Waals surface area contributed by atoms with Crippen LogP contribution in [-0.4, -0.2) is 39.1 Å². The molecule has 1 fully saturated rings. The number of hydrogen-bond donors (Lipinski definition) is 0. The lowest BCUT2D eigenvalue weighted by molar-refractivity contribution is -0.131. The van der Waals surface area contributed by atoms with Crippen LogP contribution in [0.4, 0.5) is 0 Å². The number of methoxy groups -OCH3 is 1. The van der Waals surface area contributed by atoms with E-state index in [1.807, 2.05) is 52.0 Å². The van der Waals surface area contributed by atoms with Crippen LogP contribution in [0.2, 0.25) is 0 Å². The number of carbonyl (C=O) groups is 1. The highest BCUT2D eigenvalue weighted by atomic mass is 16.5. The van der Waals surface area contributed by atoms with Gasteiger partial charge in [-0.1, -0.05) is 39.0 Å². The summed E-state index contributed by atoms with van der Waals surface area (Å²) in [5.74, 6) is 0.870. The SMILES string of the molecule is COc1ccccc1CC(=O)N1CCC[C@H]1c1ccnc2cc(C(C)(C)C)nn12. The largest absolute Gasteiger partial charge is 0.496 e. The van der Waals surface area contributed by atoms with Crippen LogP contribution in [0.3, 0.4) is 0 Å². The van der Waals surface area contributed by atoms with Crippen LogP contribution in [0.25, 0.3) is 5.65 Å². The Morgan fingerprint density at radius 3 is 2.79 bits per heavy atom. The van der Waals surface area contributed by atoms with E-state index in [9.17, 15) is 4.79 Å². The molecule has 0 spiro atoms. The maximum atomic E-state index is 13.2. The maximum absolute atomic E-state index is 13.2. The van der Waals surface area contributed by atoms with Gasteiger partial charge in [-0.3, -0.25) is 4.79 Å². The molecule has 3 aromatic rings. The second-order valence-corrected chi connectivity index (χ2v) is 8.65. The molecule has 1 aliphatic heterocycles. The van der Waals surface area contributed by atoms with Gasteiger partial charge >= 0.3 is 0 Å². The van der Waals surface area contributed by atoms with Gasteiger partial charge in [-0.05, 0) is 25.0 Å². The average Bonchev–Trinajstić information content (AvgIpc) is 3.35. The van der Waals surface area contributed by atoms with E-state index in [1.165, 1.54) is 0 Å². The fraction of sp³-hybridized carbons (Fsp3) is 0.435. The predicted octanol–water partition coefficient (Wildman–Crippen LogP) is 3.94. The van der Waals surface area contributed by atoms with Gasteiger partial charge in [0, 0.05) is 29.8 Å². The van der Waals surface area contributed by atoms with Crippen molar-refractivity contribution in [2.24, 2.45) is 0 Å². The first-order valence-corrected chi connectivity index (χ1v) is 10.1. The van der Waals surface area contributed by atoms with Crippen molar-refractivity contribution >= 4 is 11.6 Å². The van der Waals surface area contributed by atoms with Gasteiger partial charge in [0.2, 0.25) is 5.91 Å². The van der Waals surface area contributed by atoms with E-state index in [1.54, 1.807) is 7.11 Å². The molecule has 0 aliphatic carbocycles. The van der Waals surface area contributed by atoms with Gasteiger partial charge in [0.1, 0.15) is 5.75 Å². The van der Waals surface area contributed by atoms with Gasteiger partial charge in [0.05, 0.1) is 31.0 Å². The zero-order valence-corrected chi connectivity index (χ0v) is 17.6. The second kappa shape index (κ2) is 7.50. The summed E-state index contributed by atoms with van der Waals surface area (Å²) in [6.07, 6.45) is 4.07. The topological polar surface area (TPSA) is 59.7 Å². The molecule has 1 saturated heterocycles. The molecule has 6 nitrogen and oxygen atoms in total. The summed E-state index contributed by atoms with van der Waals surface area (Å²) in [7, 11) is 1.64. The fourth-order valence-electron chi connectivity index (χ4n) is 4.02. The van der Waals surface area contributed by atoms with E-state index in [0.717, 1.165) is 47.7 Å². The van der Waals surface area contributed by atoms with Crippen LogP contribution >= 0.6 is 0 Å². The molecule has 1 amide bonds. The molecule has 0 bridgehead atoms. The summed E-state index contributed by atoms with van der Waals surface area (Å²) < 4.78 is 7.34. The molecule has 152 valence electrons. The first-order valence-electron chi connectivity index (χ1n) is 10.1. The van der Waals surface area contributed by atoms with Gasteiger partial charge < -0.3 is 9.64 Å². The number of likely N-dealkylation sites (tertiary alicyclic amines) is 1. The molecule has 0 radical (unpaired) electrons. The van der Waals surface area contributed by atoms with Crippen molar-refractivity contribution in [3.63, 3.8) is 0 Å². The zero-order chi connectivity index (χ0) is 20.6. The van der Waals surface area contributed by atoms with Crippen LogP contribution in [0.15, 0.2) is 42.6 Å². The van der Waals surface area contributed by atoms with E-state index in [-0.39, 0.29) is 17.4 Å². The molecule has 0 N–H and O–H groups in total. The molecular formula is C23H28N4O2. The summed E-state index contributed by atoms with van der Waals surface area (Å²) in [5, 5.41) is 4.83. The fourth-order valence-corrected chi connectivity index (χ4v) is 4.02. The van der Waals surface area contributed by atoms with Gasteiger partial charge in [-0.2, -0.15) is 5.10 Å². The van der Waals surface area contributed by atoms with Crippen molar-refractivity contribution in [1.82, 2.24) is 19.5 Å². The molecule has 1 aliphatic rings. The number of hydrogen-bond acceptors (Lipinski definition) is 4. The number of carbonyl (C=O) groups excluding carboxylic acids is 1. The Hall–Kier alpha value is -2.89.